The minimum atomic E-state index is -0.214. The van der Waals surface area contributed by atoms with E-state index in [0.717, 1.165) is 18.5 Å². The van der Waals surface area contributed by atoms with Crippen LogP contribution in [0.2, 0.25) is 0 Å². The molecule has 29 heavy (non-hydrogen) atoms. The van der Waals surface area contributed by atoms with Gasteiger partial charge in [0.2, 0.25) is 12.7 Å². The number of amides is 1. The van der Waals surface area contributed by atoms with E-state index in [2.05, 4.69) is 18.3 Å². The number of ether oxygens (including phenoxy) is 2. The van der Waals surface area contributed by atoms with E-state index in [0.29, 0.717) is 34.9 Å². The number of Topliss-reactive ketones (excluding diaryl/α,β-unsaturated/α-hetero) is 1. The van der Waals surface area contributed by atoms with Crippen LogP contribution in [0.5, 0.6) is 11.5 Å². The van der Waals surface area contributed by atoms with E-state index < -0.39 is 0 Å². The van der Waals surface area contributed by atoms with E-state index >= 15 is 0 Å². The number of hydrogen-bond acceptors (Lipinski definition) is 6. The highest BCUT2D eigenvalue weighted by atomic mass is 16.7. The molecule has 0 unspecified atom stereocenters. The van der Waals surface area contributed by atoms with Crippen LogP contribution in [0.3, 0.4) is 0 Å². The van der Waals surface area contributed by atoms with Crippen LogP contribution < -0.4 is 14.8 Å². The van der Waals surface area contributed by atoms with Crippen molar-refractivity contribution < 1.29 is 19.1 Å². The minimum Gasteiger partial charge on any atom is -0.454 e. The van der Waals surface area contributed by atoms with Crippen LogP contribution in [-0.4, -0.2) is 36.5 Å². The van der Waals surface area contributed by atoms with Gasteiger partial charge in [-0.05, 0) is 43.7 Å². The molecular formula is C22H23N3O4. The van der Waals surface area contributed by atoms with Crippen LogP contribution in [0, 0.1) is 11.3 Å². The van der Waals surface area contributed by atoms with Gasteiger partial charge >= 0.3 is 0 Å². The molecule has 1 aliphatic heterocycles. The standard InChI is InChI=1S/C22H23N3O4/c1-3-8-25(12-17-6-4-16(11-23)5-7-17)13-22(27)24-19-10-21-20(28-14-29-21)9-18(19)15(2)26/h4-7,9-10H,3,8,12-14H2,1-2H3,(H,24,27). The molecule has 0 saturated heterocycles. The van der Waals surface area contributed by atoms with Crippen molar-refractivity contribution in [1.82, 2.24) is 4.90 Å². The molecule has 2 aromatic carbocycles. The zero-order valence-electron chi connectivity index (χ0n) is 16.5. The number of benzene rings is 2. The largest absolute Gasteiger partial charge is 0.454 e. The first-order chi connectivity index (χ1) is 14.0. The average Bonchev–Trinajstić information content (AvgIpc) is 3.15. The summed E-state index contributed by atoms with van der Waals surface area (Å²) in [6, 6.07) is 12.7. The summed E-state index contributed by atoms with van der Waals surface area (Å²) in [7, 11) is 0. The summed E-state index contributed by atoms with van der Waals surface area (Å²) in [6.07, 6.45) is 0.895. The summed E-state index contributed by atoms with van der Waals surface area (Å²) >= 11 is 0. The Morgan fingerprint density at radius 3 is 2.48 bits per heavy atom. The topological polar surface area (TPSA) is 91.7 Å². The smallest absolute Gasteiger partial charge is 0.238 e. The molecule has 1 heterocycles. The number of nitrogens with one attached hydrogen (secondary N) is 1. The second-order valence-corrected chi connectivity index (χ2v) is 6.87. The highest BCUT2D eigenvalue weighted by Crippen LogP contribution is 2.37. The molecule has 2 aromatic rings. The first kappa shape index (κ1) is 20.4. The molecule has 1 amide bonds. The van der Waals surface area contributed by atoms with Gasteiger partial charge in [0.25, 0.3) is 0 Å². The summed E-state index contributed by atoms with van der Waals surface area (Å²) in [4.78, 5) is 26.7. The Balaban J connectivity index is 1.70. The van der Waals surface area contributed by atoms with E-state index in [9.17, 15) is 9.59 Å². The number of ketones is 1. The fraction of sp³-hybridized carbons (Fsp3) is 0.318. The lowest BCUT2D eigenvalue weighted by atomic mass is 10.1. The van der Waals surface area contributed by atoms with Gasteiger partial charge < -0.3 is 14.8 Å². The lowest BCUT2D eigenvalue weighted by Crippen LogP contribution is -2.33. The quantitative estimate of drug-likeness (QED) is 0.692. The Bertz CT molecular complexity index is 948. The Hall–Kier alpha value is -3.37. The lowest BCUT2D eigenvalue weighted by molar-refractivity contribution is -0.117. The van der Waals surface area contributed by atoms with Crippen LogP contribution >= 0.6 is 0 Å². The third kappa shape index (κ3) is 5.12. The summed E-state index contributed by atoms with van der Waals surface area (Å²) in [5.41, 5.74) is 2.43. The Labute approximate surface area is 169 Å². The van der Waals surface area contributed by atoms with Crippen molar-refractivity contribution in [1.29, 1.82) is 5.26 Å². The summed E-state index contributed by atoms with van der Waals surface area (Å²) in [5, 5.41) is 11.8. The Morgan fingerprint density at radius 1 is 1.17 bits per heavy atom. The maximum absolute atomic E-state index is 12.7. The van der Waals surface area contributed by atoms with E-state index in [4.69, 9.17) is 14.7 Å². The van der Waals surface area contributed by atoms with Crippen molar-refractivity contribution in [2.45, 2.75) is 26.8 Å². The fourth-order valence-corrected chi connectivity index (χ4v) is 3.20. The van der Waals surface area contributed by atoms with Gasteiger partial charge in [-0.1, -0.05) is 19.1 Å². The molecule has 1 aliphatic rings. The Morgan fingerprint density at radius 2 is 1.86 bits per heavy atom. The van der Waals surface area contributed by atoms with Gasteiger partial charge in [-0.2, -0.15) is 5.26 Å². The van der Waals surface area contributed by atoms with Gasteiger partial charge in [-0.25, -0.2) is 0 Å². The predicted octanol–water partition coefficient (Wildman–Crippen LogP) is 3.34. The number of anilines is 1. The summed E-state index contributed by atoms with van der Waals surface area (Å²) in [6.45, 7) is 5.11. The van der Waals surface area contributed by atoms with Crippen LogP contribution in [0.1, 0.15) is 41.8 Å². The number of nitrogens with zero attached hydrogens (tertiary/aromatic N) is 2. The van der Waals surface area contributed by atoms with Crippen LogP contribution in [0.15, 0.2) is 36.4 Å². The highest BCUT2D eigenvalue weighted by molar-refractivity contribution is 6.05. The molecule has 1 N–H and O–H groups in total. The molecule has 7 nitrogen and oxygen atoms in total. The number of nitriles is 1. The molecule has 0 bridgehead atoms. The van der Waals surface area contributed by atoms with E-state index in [1.807, 2.05) is 17.0 Å². The Kier molecular flexibility index (Phi) is 6.47. The second-order valence-electron chi connectivity index (χ2n) is 6.87. The van der Waals surface area contributed by atoms with Crippen LogP contribution in [0.4, 0.5) is 5.69 Å². The molecule has 0 aliphatic carbocycles. The minimum absolute atomic E-state index is 0.0962. The molecule has 0 fully saturated rings. The molecule has 0 spiro atoms. The van der Waals surface area contributed by atoms with Crippen molar-refractivity contribution in [2.24, 2.45) is 0 Å². The molecule has 7 heteroatoms. The first-order valence-corrected chi connectivity index (χ1v) is 9.46. The van der Waals surface area contributed by atoms with Gasteiger partial charge in [0.1, 0.15) is 0 Å². The predicted molar refractivity (Wildman–Crippen MR) is 108 cm³/mol. The molecule has 0 saturated carbocycles. The van der Waals surface area contributed by atoms with Gasteiger partial charge in [0, 0.05) is 18.2 Å². The summed E-state index contributed by atoms with van der Waals surface area (Å²) in [5.74, 6) is 0.630. The van der Waals surface area contributed by atoms with Crippen LogP contribution in [-0.2, 0) is 11.3 Å². The summed E-state index contributed by atoms with van der Waals surface area (Å²) < 4.78 is 10.7. The monoisotopic (exact) mass is 393 g/mol. The number of carbonyl (C=O) groups is 2. The first-order valence-electron chi connectivity index (χ1n) is 9.46. The van der Waals surface area contributed by atoms with Crippen LogP contribution in [0.25, 0.3) is 0 Å². The third-order valence-electron chi connectivity index (χ3n) is 4.56. The van der Waals surface area contributed by atoms with Crippen molar-refractivity contribution in [3.8, 4) is 17.6 Å². The zero-order chi connectivity index (χ0) is 20.8. The maximum atomic E-state index is 12.7. The number of rotatable bonds is 8. The zero-order valence-corrected chi connectivity index (χ0v) is 16.5. The van der Waals surface area contributed by atoms with E-state index in [1.54, 1.807) is 24.3 Å². The second kappa shape index (κ2) is 9.22. The van der Waals surface area contributed by atoms with Crippen molar-refractivity contribution in [3.63, 3.8) is 0 Å². The normalized spacial score (nSPS) is 11.9. The average molecular weight is 393 g/mol. The van der Waals surface area contributed by atoms with E-state index in [-0.39, 0.29) is 25.0 Å². The molecule has 0 atom stereocenters. The molecular weight excluding hydrogens is 370 g/mol. The highest BCUT2D eigenvalue weighted by Gasteiger charge is 2.21. The van der Waals surface area contributed by atoms with E-state index in [1.165, 1.54) is 6.92 Å². The molecule has 3 rings (SSSR count). The molecule has 150 valence electrons. The van der Waals surface area contributed by atoms with Gasteiger partial charge in [-0.3, -0.25) is 14.5 Å². The third-order valence-corrected chi connectivity index (χ3v) is 4.56. The van der Waals surface area contributed by atoms with Gasteiger partial charge in [-0.15, -0.1) is 0 Å². The van der Waals surface area contributed by atoms with Crippen molar-refractivity contribution in [3.05, 3.63) is 53.1 Å². The SMILES string of the molecule is CCCN(CC(=O)Nc1cc2c(cc1C(C)=O)OCO2)Cc1ccc(C#N)cc1. The number of fused-ring (bicyclic) bond motifs is 1. The lowest BCUT2D eigenvalue weighted by Gasteiger charge is -2.21. The molecule has 0 radical (unpaired) electrons. The number of carbonyl (C=O) groups excluding carboxylic acids is 2. The van der Waals surface area contributed by atoms with Gasteiger partial charge in [0.15, 0.2) is 17.3 Å². The number of hydrogen-bond donors (Lipinski definition) is 1. The maximum Gasteiger partial charge on any atom is 0.238 e. The van der Waals surface area contributed by atoms with Crippen molar-refractivity contribution >= 4 is 17.4 Å². The molecule has 0 aromatic heterocycles. The van der Waals surface area contributed by atoms with Gasteiger partial charge in [0.05, 0.1) is 23.9 Å². The van der Waals surface area contributed by atoms with Crippen molar-refractivity contribution in [2.75, 3.05) is 25.2 Å². The fourth-order valence-electron chi connectivity index (χ4n) is 3.20.